The Kier molecular flexibility index (Phi) is 7.26. The SMILES string of the molecule is O=S(=O)(Cl)Cl.c1ccc(P(c2ccccc2)c2ccccc2)cc1. The third-order valence-electron chi connectivity index (χ3n) is 3.04. The second kappa shape index (κ2) is 9.19. The Morgan fingerprint density at radius 1 is 0.542 bits per heavy atom. The molecule has 0 unspecified atom stereocenters. The van der Waals surface area contributed by atoms with E-state index >= 15 is 0 Å². The van der Waals surface area contributed by atoms with E-state index < -0.39 is 16.2 Å². The van der Waals surface area contributed by atoms with E-state index in [0.29, 0.717) is 0 Å². The molecule has 0 heterocycles. The maximum Gasteiger partial charge on any atom is 0.317 e. The van der Waals surface area contributed by atoms with Crippen molar-refractivity contribution in [2.75, 3.05) is 0 Å². The highest BCUT2D eigenvalue weighted by Crippen LogP contribution is 2.32. The fourth-order valence-electron chi connectivity index (χ4n) is 2.18. The molecule has 6 heteroatoms. The molecular weight excluding hydrogens is 382 g/mol. The van der Waals surface area contributed by atoms with E-state index in [4.69, 9.17) is 8.42 Å². The van der Waals surface area contributed by atoms with E-state index in [0.717, 1.165) is 0 Å². The minimum Gasteiger partial charge on any atom is -0.195 e. The molecule has 0 amide bonds. The Morgan fingerprint density at radius 2 is 0.750 bits per heavy atom. The molecule has 0 saturated heterocycles. The molecule has 0 aliphatic rings. The van der Waals surface area contributed by atoms with Crippen molar-refractivity contribution in [2.24, 2.45) is 0 Å². The van der Waals surface area contributed by atoms with Crippen molar-refractivity contribution in [3.63, 3.8) is 0 Å². The maximum absolute atomic E-state index is 9.16. The summed E-state index contributed by atoms with van der Waals surface area (Å²) in [5, 5.41) is 4.19. The molecule has 0 saturated carbocycles. The van der Waals surface area contributed by atoms with Gasteiger partial charge in [0.05, 0.1) is 0 Å². The first-order valence-electron chi connectivity index (χ1n) is 7.04. The average Bonchev–Trinajstić information content (AvgIpc) is 2.57. The van der Waals surface area contributed by atoms with Gasteiger partial charge in [0.15, 0.2) is 0 Å². The molecule has 2 nitrogen and oxygen atoms in total. The first kappa shape index (κ1) is 19.0. The lowest BCUT2D eigenvalue weighted by Gasteiger charge is -2.18. The number of rotatable bonds is 3. The van der Waals surface area contributed by atoms with Crippen molar-refractivity contribution < 1.29 is 8.42 Å². The zero-order valence-corrected chi connectivity index (χ0v) is 15.8. The van der Waals surface area contributed by atoms with Gasteiger partial charge in [-0.3, -0.25) is 0 Å². The summed E-state index contributed by atoms with van der Waals surface area (Å²) in [6, 6.07) is 32.3. The summed E-state index contributed by atoms with van der Waals surface area (Å²) in [5.41, 5.74) is 0. The van der Waals surface area contributed by atoms with Crippen molar-refractivity contribution in [1.29, 1.82) is 0 Å². The van der Waals surface area contributed by atoms with E-state index in [1.54, 1.807) is 0 Å². The molecule has 3 aromatic rings. The van der Waals surface area contributed by atoms with E-state index in [-0.39, 0.29) is 0 Å². The summed E-state index contributed by atoms with van der Waals surface area (Å²) in [7, 11) is 4.37. The largest absolute Gasteiger partial charge is 0.317 e. The topological polar surface area (TPSA) is 34.1 Å². The van der Waals surface area contributed by atoms with Crippen molar-refractivity contribution in [2.45, 2.75) is 0 Å². The van der Waals surface area contributed by atoms with E-state index in [2.05, 4.69) is 112 Å². The summed E-state index contributed by atoms with van der Waals surface area (Å²) in [6.07, 6.45) is 0. The van der Waals surface area contributed by atoms with Gasteiger partial charge in [-0.25, -0.2) is 0 Å². The molecule has 0 fully saturated rings. The van der Waals surface area contributed by atoms with Crippen molar-refractivity contribution in [3.8, 4) is 0 Å². The smallest absolute Gasteiger partial charge is 0.195 e. The third-order valence-corrected chi connectivity index (χ3v) is 5.49. The molecule has 0 bridgehead atoms. The molecule has 0 aliphatic heterocycles. The van der Waals surface area contributed by atoms with Crippen LogP contribution in [0.3, 0.4) is 0 Å². The van der Waals surface area contributed by atoms with Crippen LogP contribution in [0.1, 0.15) is 0 Å². The molecule has 0 radical (unpaired) electrons. The minimum atomic E-state index is -3.72. The van der Waals surface area contributed by atoms with Crippen LogP contribution >= 0.6 is 29.3 Å². The van der Waals surface area contributed by atoms with Crippen LogP contribution in [0.2, 0.25) is 0 Å². The average molecular weight is 397 g/mol. The Labute approximate surface area is 152 Å². The zero-order valence-electron chi connectivity index (χ0n) is 12.6. The van der Waals surface area contributed by atoms with Gasteiger partial charge in [0.1, 0.15) is 0 Å². The molecule has 0 N–H and O–H groups in total. The Morgan fingerprint density at radius 3 is 0.958 bits per heavy atom. The monoisotopic (exact) mass is 396 g/mol. The van der Waals surface area contributed by atoms with Crippen LogP contribution < -0.4 is 15.9 Å². The highest BCUT2D eigenvalue weighted by atomic mass is 36.0. The van der Waals surface area contributed by atoms with Gasteiger partial charge < -0.3 is 0 Å². The van der Waals surface area contributed by atoms with Crippen LogP contribution in [-0.2, 0) is 8.26 Å². The summed E-state index contributed by atoms with van der Waals surface area (Å²) in [5.74, 6) is 0. The highest BCUT2D eigenvalue weighted by molar-refractivity contribution is 8.31. The van der Waals surface area contributed by atoms with Crippen LogP contribution in [-0.4, -0.2) is 8.42 Å². The highest BCUT2D eigenvalue weighted by Gasteiger charge is 2.14. The zero-order chi connectivity index (χ0) is 17.4. The fourth-order valence-corrected chi connectivity index (χ4v) is 4.48. The normalized spacial score (nSPS) is 10.8. The predicted molar refractivity (Wildman–Crippen MR) is 106 cm³/mol. The lowest BCUT2D eigenvalue weighted by Crippen LogP contribution is -2.20. The molecule has 124 valence electrons. The van der Waals surface area contributed by atoms with Gasteiger partial charge in [0, 0.05) is 21.4 Å². The summed E-state index contributed by atoms with van der Waals surface area (Å²) < 4.78 is 18.3. The van der Waals surface area contributed by atoms with Crippen LogP contribution in [0.15, 0.2) is 91.0 Å². The van der Waals surface area contributed by atoms with Gasteiger partial charge in [-0.15, -0.1) is 0 Å². The van der Waals surface area contributed by atoms with Crippen LogP contribution in [0, 0.1) is 0 Å². The van der Waals surface area contributed by atoms with E-state index in [1.165, 1.54) is 15.9 Å². The van der Waals surface area contributed by atoms with Gasteiger partial charge in [0.2, 0.25) is 0 Å². The summed E-state index contributed by atoms with van der Waals surface area (Å²) in [6.45, 7) is 0. The Bertz CT molecular complexity index is 740. The van der Waals surface area contributed by atoms with Crippen LogP contribution in [0.25, 0.3) is 0 Å². The minimum absolute atomic E-state index is 0.446. The third kappa shape index (κ3) is 6.62. The molecule has 3 aromatic carbocycles. The standard InChI is InChI=1S/C18H15P.Cl2O2S/c1-4-10-16(11-5-1)19(17-12-6-2-7-13-17)18-14-8-3-9-15-18;1-5(2,3)4/h1-15H;. The maximum atomic E-state index is 9.16. The number of halogens is 2. The van der Waals surface area contributed by atoms with Crippen molar-refractivity contribution >= 4 is 53.5 Å². The van der Waals surface area contributed by atoms with Gasteiger partial charge in [0.25, 0.3) is 0 Å². The number of hydrogen-bond donors (Lipinski definition) is 0. The summed E-state index contributed by atoms with van der Waals surface area (Å²) in [4.78, 5) is 0. The van der Waals surface area contributed by atoms with Gasteiger partial charge in [-0.05, 0) is 23.8 Å². The van der Waals surface area contributed by atoms with Crippen molar-refractivity contribution in [1.82, 2.24) is 0 Å². The lowest BCUT2D eigenvalue weighted by molar-refractivity contribution is 0.621. The van der Waals surface area contributed by atoms with Crippen LogP contribution in [0.4, 0.5) is 0 Å². The van der Waals surface area contributed by atoms with Gasteiger partial charge in [-0.1, -0.05) is 91.0 Å². The molecule has 3 rings (SSSR count). The lowest BCUT2D eigenvalue weighted by atomic mass is 10.4. The van der Waals surface area contributed by atoms with E-state index in [9.17, 15) is 0 Å². The van der Waals surface area contributed by atoms with E-state index in [1.807, 2.05) is 0 Å². The molecule has 0 atom stereocenters. The first-order valence-corrected chi connectivity index (χ1v) is 11.5. The Balaban J connectivity index is 0.000000368. The first-order chi connectivity index (χ1) is 11.4. The molecule has 0 aromatic heterocycles. The second-order valence-corrected chi connectivity index (χ2v) is 10.6. The second-order valence-electron chi connectivity index (χ2n) is 4.72. The number of benzene rings is 3. The molecule has 0 aliphatic carbocycles. The molecule has 0 spiro atoms. The quantitative estimate of drug-likeness (QED) is 0.492. The van der Waals surface area contributed by atoms with Crippen LogP contribution in [0.5, 0.6) is 0 Å². The summed E-state index contributed by atoms with van der Waals surface area (Å²) >= 11 is 0. The fraction of sp³-hybridized carbons (Fsp3) is 0. The van der Waals surface area contributed by atoms with Gasteiger partial charge >= 0.3 is 8.26 Å². The van der Waals surface area contributed by atoms with Crippen molar-refractivity contribution in [3.05, 3.63) is 91.0 Å². The predicted octanol–water partition coefficient (Wildman–Crippen LogP) is 4.15. The Hall–Kier alpha value is -1.38. The molecule has 24 heavy (non-hydrogen) atoms. The van der Waals surface area contributed by atoms with Gasteiger partial charge in [-0.2, -0.15) is 8.42 Å². The molecular formula is C18H15Cl2O2PS. The number of hydrogen-bond acceptors (Lipinski definition) is 2.